The molecule has 7 heteroatoms. The highest BCUT2D eigenvalue weighted by molar-refractivity contribution is 5.79. The zero-order chi connectivity index (χ0) is 16.2. The lowest BCUT2D eigenvalue weighted by atomic mass is 10.1. The van der Waals surface area contributed by atoms with Crippen molar-refractivity contribution in [3.8, 4) is 0 Å². The van der Waals surface area contributed by atoms with Crippen molar-refractivity contribution in [2.75, 3.05) is 7.05 Å². The van der Waals surface area contributed by atoms with E-state index in [9.17, 15) is 0 Å². The molecule has 122 valence electrons. The van der Waals surface area contributed by atoms with Gasteiger partial charge >= 0.3 is 0 Å². The fourth-order valence-electron chi connectivity index (χ4n) is 2.81. The SMILES string of the molecule is CN=C(NCc1ncccc1C)NC1CCc2nc(C)nn2C1. The fourth-order valence-corrected chi connectivity index (χ4v) is 2.81. The van der Waals surface area contributed by atoms with Crippen LogP contribution in [0.5, 0.6) is 0 Å². The first-order valence-electron chi connectivity index (χ1n) is 7.93. The molecule has 0 aromatic carbocycles. The highest BCUT2D eigenvalue weighted by Crippen LogP contribution is 2.12. The molecule has 3 rings (SSSR count). The van der Waals surface area contributed by atoms with Gasteiger partial charge in [0.25, 0.3) is 0 Å². The largest absolute Gasteiger partial charge is 0.352 e. The molecule has 0 bridgehead atoms. The minimum atomic E-state index is 0.305. The van der Waals surface area contributed by atoms with Gasteiger partial charge in [0.2, 0.25) is 0 Å². The summed E-state index contributed by atoms with van der Waals surface area (Å²) in [6, 6.07) is 4.32. The molecule has 1 unspecified atom stereocenters. The van der Waals surface area contributed by atoms with Crippen LogP contribution >= 0.6 is 0 Å². The standard InChI is InChI=1S/C16H23N7/c1-11-5-4-8-18-14(11)9-19-16(17-3)21-13-6-7-15-20-12(2)22-23(15)10-13/h4-5,8,13H,6-7,9-10H2,1-3H3,(H2,17,19,21). The number of nitrogens with one attached hydrogen (secondary N) is 2. The minimum absolute atomic E-state index is 0.305. The van der Waals surface area contributed by atoms with Crippen molar-refractivity contribution in [3.05, 3.63) is 41.2 Å². The quantitative estimate of drug-likeness (QED) is 0.652. The summed E-state index contributed by atoms with van der Waals surface area (Å²) < 4.78 is 1.99. The monoisotopic (exact) mass is 313 g/mol. The first kappa shape index (κ1) is 15.5. The summed E-state index contributed by atoms with van der Waals surface area (Å²) >= 11 is 0. The Morgan fingerprint density at radius 2 is 2.30 bits per heavy atom. The number of aryl methyl sites for hydroxylation is 3. The van der Waals surface area contributed by atoms with Crippen LogP contribution in [0.15, 0.2) is 23.3 Å². The Labute approximate surface area is 136 Å². The summed E-state index contributed by atoms with van der Waals surface area (Å²) in [6.07, 6.45) is 3.78. The van der Waals surface area contributed by atoms with Crippen LogP contribution in [0.2, 0.25) is 0 Å². The second-order valence-electron chi connectivity index (χ2n) is 5.83. The van der Waals surface area contributed by atoms with Crippen LogP contribution in [0.3, 0.4) is 0 Å². The zero-order valence-corrected chi connectivity index (χ0v) is 13.9. The lowest BCUT2D eigenvalue weighted by Gasteiger charge is -2.25. The summed E-state index contributed by atoms with van der Waals surface area (Å²) in [7, 11) is 1.79. The van der Waals surface area contributed by atoms with Gasteiger partial charge in [-0.2, -0.15) is 5.10 Å². The maximum atomic E-state index is 4.44. The molecular formula is C16H23N7. The second-order valence-corrected chi connectivity index (χ2v) is 5.83. The normalized spacial score (nSPS) is 17.7. The van der Waals surface area contributed by atoms with Crippen LogP contribution in [0.4, 0.5) is 0 Å². The third-order valence-electron chi connectivity index (χ3n) is 4.07. The predicted octanol–water partition coefficient (Wildman–Crippen LogP) is 0.970. The number of nitrogens with zero attached hydrogens (tertiary/aromatic N) is 5. The Kier molecular flexibility index (Phi) is 4.55. The van der Waals surface area contributed by atoms with Gasteiger partial charge in [0.05, 0.1) is 18.8 Å². The van der Waals surface area contributed by atoms with Crippen molar-refractivity contribution < 1.29 is 0 Å². The maximum absolute atomic E-state index is 4.44. The van der Waals surface area contributed by atoms with Gasteiger partial charge < -0.3 is 10.6 Å². The molecule has 23 heavy (non-hydrogen) atoms. The van der Waals surface area contributed by atoms with Gasteiger partial charge in [-0.05, 0) is 31.9 Å². The van der Waals surface area contributed by atoms with Gasteiger partial charge in [0.1, 0.15) is 11.6 Å². The molecule has 1 aliphatic heterocycles. The topological polar surface area (TPSA) is 80.0 Å². The molecule has 0 aliphatic carbocycles. The average Bonchev–Trinajstić information content (AvgIpc) is 2.92. The lowest BCUT2D eigenvalue weighted by Crippen LogP contribution is -2.46. The molecule has 1 aliphatic rings. The van der Waals surface area contributed by atoms with E-state index in [1.165, 1.54) is 5.56 Å². The molecule has 0 fully saturated rings. The van der Waals surface area contributed by atoms with Crippen molar-refractivity contribution in [2.45, 2.75) is 45.8 Å². The number of hydrogen-bond donors (Lipinski definition) is 2. The van der Waals surface area contributed by atoms with E-state index < -0.39 is 0 Å². The highest BCUT2D eigenvalue weighted by atomic mass is 15.4. The number of aliphatic imine (C=N–C) groups is 1. The van der Waals surface area contributed by atoms with E-state index in [1.807, 2.05) is 23.9 Å². The van der Waals surface area contributed by atoms with Crippen LogP contribution in [0, 0.1) is 13.8 Å². The van der Waals surface area contributed by atoms with Crippen molar-refractivity contribution in [1.82, 2.24) is 30.4 Å². The zero-order valence-electron chi connectivity index (χ0n) is 13.9. The fraction of sp³-hybridized carbons (Fsp3) is 0.500. The third-order valence-corrected chi connectivity index (χ3v) is 4.07. The number of hydrogen-bond acceptors (Lipinski definition) is 4. The van der Waals surface area contributed by atoms with E-state index in [2.05, 4.69) is 43.7 Å². The molecule has 3 heterocycles. The number of pyridine rings is 1. The molecule has 0 saturated carbocycles. The van der Waals surface area contributed by atoms with E-state index in [-0.39, 0.29) is 0 Å². The second kappa shape index (κ2) is 6.76. The smallest absolute Gasteiger partial charge is 0.191 e. The number of guanidine groups is 1. The van der Waals surface area contributed by atoms with Crippen molar-refractivity contribution in [3.63, 3.8) is 0 Å². The molecule has 0 spiro atoms. The predicted molar refractivity (Wildman–Crippen MR) is 89.2 cm³/mol. The van der Waals surface area contributed by atoms with Crippen LogP contribution in [-0.2, 0) is 19.5 Å². The van der Waals surface area contributed by atoms with Gasteiger partial charge in [-0.15, -0.1) is 0 Å². The maximum Gasteiger partial charge on any atom is 0.191 e. The van der Waals surface area contributed by atoms with Crippen molar-refractivity contribution in [2.24, 2.45) is 4.99 Å². The lowest BCUT2D eigenvalue weighted by molar-refractivity contribution is 0.392. The first-order chi connectivity index (χ1) is 11.2. The van der Waals surface area contributed by atoms with Gasteiger partial charge in [0.15, 0.2) is 5.96 Å². The van der Waals surface area contributed by atoms with Crippen LogP contribution in [0.25, 0.3) is 0 Å². The van der Waals surface area contributed by atoms with E-state index in [4.69, 9.17) is 0 Å². The molecule has 2 aromatic rings. The first-order valence-corrected chi connectivity index (χ1v) is 7.93. The molecular weight excluding hydrogens is 290 g/mol. The van der Waals surface area contributed by atoms with E-state index in [0.717, 1.165) is 42.7 Å². The Morgan fingerprint density at radius 1 is 1.43 bits per heavy atom. The molecule has 2 aromatic heterocycles. The van der Waals surface area contributed by atoms with Gasteiger partial charge in [-0.3, -0.25) is 9.98 Å². The Morgan fingerprint density at radius 3 is 3.09 bits per heavy atom. The molecule has 1 atom stereocenters. The summed E-state index contributed by atoms with van der Waals surface area (Å²) in [5.74, 6) is 2.71. The molecule has 7 nitrogen and oxygen atoms in total. The number of aromatic nitrogens is 4. The minimum Gasteiger partial charge on any atom is -0.352 e. The van der Waals surface area contributed by atoms with Crippen LogP contribution in [-0.4, -0.2) is 38.8 Å². The Hall–Kier alpha value is -2.44. The third kappa shape index (κ3) is 3.67. The van der Waals surface area contributed by atoms with E-state index in [1.54, 1.807) is 7.05 Å². The molecule has 0 amide bonds. The Balaban J connectivity index is 1.57. The average molecular weight is 313 g/mol. The molecule has 0 radical (unpaired) electrons. The highest BCUT2D eigenvalue weighted by Gasteiger charge is 2.21. The van der Waals surface area contributed by atoms with Crippen LogP contribution in [0.1, 0.15) is 29.3 Å². The van der Waals surface area contributed by atoms with E-state index >= 15 is 0 Å². The van der Waals surface area contributed by atoms with Crippen LogP contribution < -0.4 is 10.6 Å². The number of fused-ring (bicyclic) bond motifs is 1. The molecule has 0 saturated heterocycles. The van der Waals surface area contributed by atoms with Gasteiger partial charge in [-0.25, -0.2) is 9.67 Å². The van der Waals surface area contributed by atoms with Gasteiger partial charge in [0, 0.05) is 25.7 Å². The van der Waals surface area contributed by atoms with E-state index in [0.29, 0.717) is 12.6 Å². The summed E-state index contributed by atoms with van der Waals surface area (Å²) in [5.41, 5.74) is 2.21. The van der Waals surface area contributed by atoms with Gasteiger partial charge in [-0.1, -0.05) is 6.07 Å². The Bertz CT molecular complexity index is 704. The summed E-state index contributed by atoms with van der Waals surface area (Å²) in [4.78, 5) is 13.1. The summed E-state index contributed by atoms with van der Waals surface area (Å²) in [6.45, 7) is 5.48. The molecule has 2 N–H and O–H groups in total. The summed E-state index contributed by atoms with van der Waals surface area (Å²) in [5, 5.41) is 11.2. The van der Waals surface area contributed by atoms with Crippen molar-refractivity contribution >= 4 is 5.96 Å². The van der Waals surface area contributed by atoms with Crippen molar-refractivity contribution in [1.29, 1.82) is 0 Å². The number of rotatable bonds is 3.